The van der Waals surface area contributed by atoms with Gasteiger partial charge in [-0.05, 0) is 56.7 Å². The van der Waals surface area contributed by atoms with Crippen molar-refractivity contribution >= 4 is 44.4 Å². The molecule has 1 saturated heterocycles. The molecule has 0 bridgehead atoms. The third kappa shape index (κ3) is 2.81. The highest BCUT2D eigenvalue weighted by Gasteiger charge is 2.33. The molecule has 0 aromatic heterocycles. The Balaban J connectivity index is 2.23. The Bertz CT molecular complexity index is 444. The summed E-state index contributed by atoms with van der Waals surface area (Å²) in [6.07, 6.45) is -1.69. The van der Waals surface area contributed by atoms with Crippen LogP contribution in [-0.2, 0) is 0 Å². The molecule has 2 rings (SSSR count). The van der Waals surface area contributed by atoms with Gasteiger partial charge in [0.25, 0.3) is 5.91 Å². The Hall–Kier alpha value is -0.180. The van der Waals surface area contributed by atoms with Crippen molar-refractivity contribution in [3.63, 3.8) is 0 Å². The van der Waals surface area contributed by atoms with Crippen LogP contribution in [0.5, 0.6) is 0 Å². The maximum atomic E-state index is 12.2. The van der Waals surface area contributed by atoms with Crippen LogP contribution < -0.4 is 0 Å². The number of carbonyl (C=O) groups excluding carboxylic acids is 1. The standard InChI is InChI=1S/C11H11BrINO3/c12-8-2-1-6(13)3-7(8)11(17)14-4-9(15)10(16)5-14/h1-3,9-10,15-16H,4-5H2/t9-,10+. The lowest BCUT2D eigenvalue weighted by molar-refractivity contribution is 0.0572. The summed E-state index contributed by atoms with van der Waals surface area (Å²) >= 11 is 5.47. The molecular formula is C11H11BrINO3. The summed E-state index contributed by atoms with van der Waals surface area (Å²) in [6.45, 7) is 0.357. The predicted octanol–water partition coefficient (Wildman–Crippen LogP) is 1.23. The summed E-state index contributed by atoms with van der Waals surface area (Å²) in [5, 5.41) is 18.9. The molecule has 2 atom stereocenters. The van der Waals surface area contributed by atoms with E-state index in [0.29, 0.717) is 5.56 Å². The number of nitrogens with zero attached hydrogens (tertiary/aromatic N) is 1. The van der Waals surface area contributed by atoms with E-state index in [0.717, 1.165) is 8.04 Å². The molecule has 6 heteroatoms. The number of aliphatic hydroxyl groups is 2. The van der Waals surface area contributed by atoms with Gasteiger partial charge in [0.2, 0.25) is 0 Å². The lowest BCUT2D eigenvalue weighted by atomic mass is 10.2. The fraction of sp³-hybridized carbons (Fsp3) is 0.364. The number of hydrogen-bond donors (Lipinski definition) is 2. The van der Waals surface area contributed by atoms with Crippen molar-refractivity contribution in [2.24, 2.45) is 0 Å². The second-order valence-electron chi connectivity index (χ2n) is 3.97. The van der Waals surface area contributed by atoms with Gasteiger partial charge < -0.3 is 15.1 Å². The molecule has 1 aromatic rings. The largest absolute Gasteiger partial charge is 0.388 e. The minimum absolute atomic E-state index is 0.175. The zero-order valence-corrected chi connectivity index (χ0v) is 12.6. The summed E-state index contributed by atoms with van der Waals surface area (Å²) in [6, 6.07) is 5.50. The van der Waals surface area contributed by atoms with E-state index in [4.69, 9.17) is 0 Å². The van der Waals surface area contributed by atoms with E-state index in [2.05, 4.69) is 38.5 Å². The van der Waals surface area contributed by atoms with E-state index in [-0.39, 0.29) is 19.0 Å². The van der Waals surface area contributed by atoms with Gasteiger partial charge in [0.05, 0.1) is 17.8 Å². The van der Waals surface area contributed by atoms with Crippen molar-refractivity contribution in [1.82, 2.24) is 4.90 Å². The molecule has 2 N–H and O–H groups in total. The molecule has 0 aliphatic carbocycles. The summed E-state index contributed by atoms with van der Waals surface area (Å²) in [5.41, 5.74) is 0.554. The summed E-state index contributed by atoms with van der Waals surface area (Å²) in [7, 11) is 0. The van der Waals surface area contributed by atoms with E-state index in [1.165, 1.54) is 4.90 Å². The first-order valence-electron chi connectivity index (χ1n) is 5.09. The number of β-amino-alcohol motifs (C(OH)–C–C–N with tert-alkyl or cyclic N) is 2. The monoisotopic (exact) mass is 411 g/mol. The van der Waals surface area contributed by atoms with Crippen molar-refractivity contribution in [2.45, 2.75) is 12.2 Å². The first kappa shape index (κ1) is 13.3. The molecule has 1 aromatic carbocycles. The lowest BCUT2D eigenvalue weighted by Crippen LogP contribution is -2.30. The highest BCUT2D eigenvalue weighted by Crippen LogP contribution is 2.23. The molecule has 1 heterocycles. The van der Waals surface area contributed by atoms with Gasteiger partial charge in [0.1, 0.15) is 0 Å². The molecule has 92 valence electrons. The molecule has 17 heavy (non-hydrogen) atoms. The zero-order chi connectivity index (χ0) is 12.6. The van der Waals surface area contributed by atoms with Crippen molar-refractivity contribution in [3.05, 3.63) is 31.8 Å². The van der Waals surface area contributed by atoms with Crippen LogP contribution in [0.1, 0.15) is 10.4 Å². The van der Waals surface area contributed by atoms with Crippen LogP contribution in [0, 0.1) is 3.57 Å². The molecule has 1 aliphatic heterocycles. The minimum Gasteiger partial charge on any atom is -0.388 e. The second kappa shape index (κ2) is 5.21. The maximum absolute atomic E-state index is 12.2. The third-order valence-electron chi connectivity index (χ3n) is 2.71. The Labute approximate surface area is 121 Å². The quantitative estimate of drug-likeness (QED) is 0.683. The van der Waals surface area contributed by atoms with Crippen molar-refractivity contribution in [1.29, 1.82) is 0 Å². The summed E-state index contributed by atoms with van der Waals surface area (Å²) < 4.78 is 1.69. The third-order valence-corrected chi connectivity index (χ3v) is 4.07. The van der Waals surface area contributed by atoms with Gasteiger partial charge in [-0.25, -0.2) is 0 Å². The second-order valence-corrected chi connectivity index (χ2v) is 6.07. The summed E-state index contributed by atoms with van der Waals surface area (Å²) in [4.78, 5) is 13.6. The maximum Gasteiger partial charge on any atom is 0.255 e. The van der Waals surface area contributed by atoms with Gasteiger partial charge in [-0.2, -0.15) is 0 Å². The molecule has 1 aliphatic rings. The van der Waals surface area contributed by atoms with Crippen molar-refractivity contribution < 1.29 is 15.0 Å². The Morgan fingerprint density at radius 3 is 2.53 bits per heavy atom. The highest BCUT2D eigenvalue weighted by molar-refractivity contribution is 14.1. The average molecular weight is 412 g/mol. The van der Waals surface area contributed by atoms with Gasteiger partial charge >= 0.3 is 0 Å². The van der Waals surface area contributed by atoms with E-state index >= 15 is 0 Å². The molecule has 0 radical (unpaired) electrons. The number of amides is 1. The lowest BCUT2D eigenvalue weighted by Gasteiger charge is -2.16. The molecular weight excluding hydrogens is 401 g/mol. The molecule has 1 amide bonds. The van der Waals surface area contributed by atoms with Crippen LogP contribution >= 0.6 is 38.5 Å². The van der Waals surface area contributed by atoms with Crippen LogP contribution in [0.25, 0.3) is 0 Å². The Morgan fingerprint density at radius 2 is 1.94 bits per heavy atom. The van der Waals surface area contributed by atoms with Gasteiger partial charge in [-0.15, -0.1) is 0 Å². The summed E-state index contributed by atoms with van der Waals surface area (Å²) in [5.74, 6) is -0.175. The number of halogens is 2. The van der Waals surface area contributed by atoms with Crippen LogP contribution in [-0.4, -0.2) is 46.3 Å². The fourth-order valence-corrected chi connectivity index (χ4v) is 2.67. The first-order valence-corrected chi connectivity index (χ1v) is 6.96. The first-order chi connectivity index (χ1) is 7.99. The number of carbonyl (C=O) groups is 1. The van der Waals surface area contributed by atoms with Crippen LogP contribution in [0.3, 0.4) is 0 Å². The zero-order valence-electron chi connectivity index (χ0n) is 8.81. The van der Waals surface area contributed by atoms with E-state index in [1.807, 2.05) is 12.1 Å². The molecule has 4 nitrogen and oxygen atoms in total. The van der Waals surface area contributed by atoms with E-state index in [1.54, 1.807) is 6.07 Å². The van der Waals surface area contributed by atoms with Crippen LogP contribution in [0.2, 0.25) is 0 Å². The number of rotatable bonds is 1. The normalized spacial score (nSPS) is 24.1. The van der Waals surface area contributed by atoms with Gasteiger partial charge in [-0.1, -0.05) is 0 Å². The van der Waals surface area contributed by atoms with Gasteiger partial charge in [0.15, 0.2) is 0 Å². The minimum atomic E-state index is -0.847. The number of likely N-dealkylation sites (tertiary alicyclic amines) is 1. The smallest absolute Gasteiger partial charge is 0.255 e. The van der Waals surface area contributed by atoms with Crippen molar-refractivity contribution in [2.75, 3.05) is 13.1 Å². The highest BCUT2D eigenvalue weighted by atomic mass is 127. The number of aliphatic hydroxyl groups excluding tert-OH is 2. The molecule has 0 unspecified atom stereocenters. The van der Waals surface area contributed by atoms with Gasteiger partial charge in [-0.3, -0.25) is 4.79 Å². The van der Waals surface area contributed by atoms with Crippen LogP contribution in [0.15, 0.2) is 22.7 Å². The number of benzene rings is 1. The average Bonchev–Trinajstić information content (AvgIpc) is 2.62. The van der Waals surface area contributed by atoms with Gasteiger partial charge in [0, 0.05) is 21.1 Å². The topological polar surface area (TPSA) is 60.8 Å². The Morgan fingerprint density at radius 1 is 1.35 bits per heavy atom. The van der Waals surface area contributed by atoms with Crippen LogP contribution in [0.4, 0.5) is 0 Å². The SMILES string of the molecule is O=C(c1cc(I)ccc1Br)N1C[C@@H](O)[C@@H](O)C1. The van der Waals surface area contributed by atoms with E-state index in [9.17, 15) is 15.0 Å². The Kier molecular flexibility index (Phi) is 4.06. The fourth-order valence-electron chi connectivity index (χ4n) is 1.77. The molecule has 0 spiro atoms. The molecule has 1 fully saturated rings. The predicted molar refractivity (Wildman–Crippen MR) is 74.8 cm³/mol. The van der Waals surface area contributed by atoms with E-state index < -0.39 is 12.2 Å². The molecule has 0 saturated carbocycles. The number of hydrogen-bond acceptors (Lipinski definition) is 3. The van der Waals surface area contributed by atoms with Crippen molar-refractivity contribution in [3.8, 4) is 0 Å².